The fraction of sp³-hybridized carbons (Fsp3) is 0.381. The van der Waals surface area contributed by atoms with Gasteiger partial charge in [-0.15, -0.1) is 0 Å². The van der Waals surface area contributed by atoms with Crippen molar-refractivity contribution < 1.29 is 14.3 Å². The summed E-state index contributed by atoms with van der Waals surface area (Å²) < 4.78 is 7.65. The summed E-state index contributed by atoms with van der Waals surface area (Å²) in [6, 6.07) is 3.14. The van der Waals surface area contributed by atoms with Crippen LogP contribution in [0.5, 0.6) is 0 Å². The first-order chi connectivity index (χ1) is 15.0. The minimum Gasteiger partial charge on any atom is -0.377 e. The molecule has 31 heavy (non-hydrogen) atoms. The van der Waals surface area contributed by atoms with Crippen LogP contribution in [0.15, 0.2) is 24.5 Å². The molecular formula is C21H21Cl2N5O3. The van der Waals surface area contributed by atoms with E-state index in [2.05, 4.69) is 14.8 Å². The van der Waals surface area contributed by atoms with Crippen molar-refractivity contribution in [1.82, 2.24) is 24.6 Å². The fourth-order valence-corrected chi connectivity index (χ4v) is 5.04. The molecule has 1 saturated heterocycles. The van der Waals surface area contributed by atoms with Gasteiger partial charge < -0.3 is 19.1 Å². The van der Waals surface area contributed by atoms with Gasteiger partial charge in [0.25, 0.3) is 0 Å². The Morgan fingerprint density at radius 3 is 2.81 bits per heavy atom. The third-order valence-corrected chi connectivity index (χ3v) is 6.87. The van der Waals surface area contributed by atoms with E-state index < -0.39 is 6.04 Å². The van der Waals surface area contributed by atoms with E-state index in [-0.39, 0.29) is 18.4 Å². The van der Waals surface area contributed by atoms with Crippen LogP contribution in [0, 0.1) is 0 Å². The van der Waals surface area contributed by atoms with E-state index in [1.165, 1.54) is 6.92 Å². The Hall–Kier alpha value is -2.55. The number of benzene rings is 1. The van der Waals surface area contributed by atoms with Crippen LogP contribution in [0.2, 0.25) is 10.0 Å². The highest BCUT2D eigenvalue weighted by atomic mass is 35.5. The molecule has 0 spiro atoms. The van der Waals surface area contributed by atoms with Gasteiger partial charge in [-0.3, -0.25) is 14.7 Å². The molecule has 162 valence electrons. The van der Waals surface area contributed by atoms with Gasteiger partial charge in [0.2, 0.25) is 11.8 Å². The molecule has 0 aliphatic carbocycles. The van der Waals surface area contributed by atoms with Crippen molar-refractivity contribution in [3.63, 3.8) is 0 Å². The van der Waals surface area contributed by atoms with Gasteiger partial charge in [0.15, 0.2) is 0 Å². The van der Waals surface area contributed by atoms with Crippen molar-refractivity contribution in [2.45, 2.75) is 26.1 Å². The average molecular weight is 462 g/mol. The molecule has 1 unspecified atom stereocenters. The number of H-pyrrole nitrogens is 1. The third-order valence-electron chi connectivity index (χ3n) is 6.07. The van der Waals surface area contributed by atoms with Gasteiger partial charge in [-0.05, 0) is 6.07 Å². The second-order valence-corrected chi connectivity index (χ2v) is 8.57. The lowest BCUT2D eigenvalue weighted by molar-refractivity contribution is -0.153. The highest BCUT2D eigenvalue weighted by Gasteiger charge is 2.36. The summed E-state index contributed by atoms with van der Waals surface area (Å²) in [7, 11) is 0. The van der Waals surface area contributed by atoms with Crippen molar-refractivity contribution in [1.29, 1.82) is 0 Å². The summed E-state index contributed by atoms with van der Waals surface area (Å²) in [5, 5.41) is 8.91. The molecule has 1 atom stereocenters. The normalized spacial score (nSPS) is 19.0. The van der Waals surface area contributed by atoms with Crippen LogP contribution in [-0.2, 0) is 27.4 Å². The number of halogens is 2. The second-order valence-electron chi connectivity index (χ2n) is 7.78. The smallest absolute Gasteiger partial charge is 0.248 e. The highest BCUT2D eigenvalue weighted by molar-refractivity contribution is 6.45. The van der Waals surface area contributed by atoms with E-state index in [0.29, 0.717) is 42.8 Å². The number of fused-ring (bicyclic) bond motifs is 3. The van der Waals surface area contributed by atoms with E-state index in [0.717, 1.165) is 27.7 Å². The molecule has 8 nitrogen and oxygen atoms in total. The lowest BCUT2D eigenvalue weighted by Gasteiger charge is -2.38. The zero-order chi connectivity index (χ0) is 21.7. The number of ether oxygens (including phenoxy) is 1. The van der Waals surface area contributed by atoms with Gasteiger partial charge in [0.05, 0.1) is 41.5 Å². The number of hydrogen-bond donors (Lipinski definition) is 1. The lowest BCUT2D eigenvalue weighted by Crippen LogP contribution is -2.57. The first-order valence-corrected chi connectivity index (χ1v) is 10.8. The summed E-state index contributed by atoms with van der Waals surface area (Å²) in [6.07, 6.45) is 3.58. The molecule has 1 aromatic carbocycles. The molecule has 3 aromatic rings. The molecule has 10 heteroatoms. The summed E-state index contributed by atoms with van der Waals surface area (Å²) in [4.78, 5) is 28.8. The van der Waals surface area contributed by atoms with E-state index in [4.69, 9.17) is 27.9 Å². The summed E-state index contributed by atoms with van der Waals surface area (Å²) >= 11 is 12.9. The van der Waals surface area contributed by atoms with Crippen molar-refractivity contribution >= 4 is 45.9 Å². The van der Waals surface area contributed by atoms with E-state index in [1.807, 2.05) is 12.3 Å². The quantitative estimate of drug-likeness (QED) is 0.635. The molecule has 0 radical (unpaired) electrons. The molecule has 2 aromatic heterocycles. The van der Waals surface area contributed by atoms with Gasteiger partial charge in [0.1, 0.15) is 6.04 Å². The molecule has 0 bridgehead atoms. The predicted octanol–water partition coefficient (Wildman–Crippen LogP) is 2.93. The Morgan fingerprint density at radius 2 is 2.06 bits per heavy atom. The number of hydrogen-bond acceptors (Lipinski definition) is 4. The molecule has 2 aliphatic heterocycles. The summed E-state index contributed by atoms with van der Waals surface area (Å²) in [6.45, 7) is 4.05. The number of carbonyl (C=O) groups excluding carboxylic acids is 2. The molecule has 5 rings (SSSR count). The van der Waals surface area contributed by atoms with Crippen LogP contribution in [0.25, 0.3) is 22.0 Å². The van der Waals surface area contributed by atoms with Crippen LogP contribution in [0.3, 0.4) is 0 Å². The Balaban J connectivity index is 1.57. The monoisotopic (exact) mass is 461 g/mol. The Labute approximate surface area is 188 Å². The topological polar surface area (TPSA) is 83.5 Å². The first-order valence-electron chi connectivity index (χ1n) is 10.1. The van der Waals surface area contributed by atoms with Gasteiger partial charge in [0, 0.05) is 55.0 Å². The average Bonchev–Trinajstić information content (AvgIpc) is 3.41. The SMILES string of the molecule is CC(=O)N1CCOCC1C(=O)N1CCn2c(c(-c3cn[nH]c3)c3ccc(Cl)c(Cl)c32)C1. The molecule has 2 amide bonds. The number of carbonyl (C=O) groups is 2. The number of aromatic amines is 1. The maximum absolute atomic E-state index is 13.4. The van der Waals surface area contributed by atoms with E-state index in [1.54, 1.807) is 22.1 Å². The maximum Gasteiger partial charge on any atom is 0.248 e. The standard InChI is InChI=1S/C21H21Cl2N5O3/c1-12(29)27-6-7-31-11-17(27)21(30)26-4-5-28-16(10-26)18(13-8-24-25-9-13)14-2-3-15(22)19(23)20(14)28/h2-3,8-9,17H,4-7,10-11H2,1H3,(H,24,25). The molecule has 4 heterocycles. The van der Waals surface area contributed by atoms with Crippen LogP contribution in [-0.4, -0.2) is 68.7 Å². The number of aromatic nitrogens is 3. The van der Waals surface area contributed by atoms with Gasteiger partial charge >= 0.3 is 0 Å². The number of amides is 2. The first kappa shape index (κ1) is 20.4. The van der Waals surface area contributed by atoms with Crippen molar-refractivity contribution in [3.05, 3.63) is 40.3 Å². The van der Waals surface area contributed by atoms with E-state index >= 15 is 0 Å². The number of nitrogens with one attached hydrogen (secondary N) is 1. The third kappa shape index (κ3) is 3.30. The van der Waals surface area contributed by atoms with Crippen LogP contribution >= 0.6 is 23.2 Å². The number of rotatable bonds is 2. The summed E-state index contributed by atoms with van der Waals surface area (Å²) in [5.74, 6) is -0.220. The molecule has 1 N–H and O–H groups in total. The summed E-state index contributed by atoms with van der Waals surface area (Å²) in [5.41, 5.74) is 3.71. The zero-order valence-electron chi connectivity index (χ0n) is 16.9. The minimum absolute atomic E-state index is 0.103. The van der Waals surface area contributed by atoms with Crippen LogP contribution in [0.1, 0.15) is 12.6 Å². The van der Waals surface area contributed by atoms with Crippen molar-refractivity contribution in [2.75, 3.05) is 26.3 Å². The Kier molecular flexibility index (Phi) is 5.16. The van der Waals surface area contributed by atoms with Crippen LogP contribution in [0.4, 0.5) is 0 Å². The minimum atomic E-state index is -0.599. The number of nitrogens with zero attached hydrogens (tertiary/aromatic N) is 4. The Bertz CT molecular complexity index is 1170. The van der Waals surface area contributed by atoms with Crippen molar-refractivity contribution in [3.8, 4) is 11.1 Å². The lowest BCUT2D eigenvalue weighted by atomic mass is 10.0. The zero-order valence-corrected chi connectivity index (χ0v) is 18.4. The number of morpholine rings is 1. The molecule has 1 fully saturated rings. The predicted molar refractivity (Wildman–Crippen MR) is 117 cm³/mol. The largest absolute Gasteiger partial charge is 0.377 e. The van der Waals surface area contributed by atoms with Crippen LogP contribution < -0.4 is 0 Å². The van der Waals surface area contributed by atoms with Crippen molar-refractivity contribution in [2.24, 2.45) is 0 Å². The van der Waals surface area contributed by atoms with Gasteiger partial charge in [-0.2, -0.15) is 5.10 Å². The molecular weight excluding hydrogens is 441 g/mol. The Morgan fingerprint density at radius 1 is 1.23 bits per heavy atom. The highest BCUT2D eigenvalue weighted by Crippen LogP contribution is 2.42. The molecule has 0 saturated carbocycles. The second kappa shape index (κ2) is 7.85. The van der Waals surface area contributed by atoms with Gasteiger partial charge in [-0.25, -0.2) is 0 Å². The maximum atomic E-state index is 13.4. The van der Waals surface area contributed by atoms with Gasteiger partial charge in [-0.1, -0.05) is 29.3 Å². The molecule has 2 aliphatic rings. The van der Waals surface area contributed by atoms with E-state index in [9.17, 15) is 9.59 Å². The fourth-order valence-electron chi connectivity index (χ4n) is 4.62.